The molecule has 1 aliphatic heterocycles. The molecule has 0 radical (unpaired) electrons. The number of hydrogen-bond donors (Lipinski definition) is 1. The Labute approximate surface area is 160 Å². The van der Waals surface area contributed by atoms with Gasteiger partial charge in [0.25, 0.3) is 0 Å². The molecule has 0 spiro atoms. The van der Waals surface area contributed by atoms with Crippen molar-refractivity contribution in [3.8, 4) is 0 Å². The molecule has 5 heteroatoms. The minimum Gasteiger partial charge on any atom is -0.351 e. The summed E-state index contributed by atoms with van der Waals surface area (Å²) in [5, 5.41) is 6.25. The summed E-state index contributed by atoms with van der Waals surface area (Å²) in [7, 11) is 0. The first kappa shape index (κ1) is 19.1. The number of nitrogens with zero attached hydrogens (tertiary/aromatic N) is 2. The Bertz CT molecular complexity index is 763. The second-order valence-corrected chi connectivity index (χ2v) is 9.34. The van der Waals surface area contributed by atoms with Gasteiger partial charge in [0.15, 0.2) is 0 Å². The van der Waals surface area contributed by atoms with E-state index < -0.39 is 0 Å². The van der Waals surface area contributed by atoms with Crippen molar-refractivity contribution in [3.05, 3.63) is 51.5 Å². The maximum Gasteiger partial charge on any atom is 0.226 e. The molecule has 0 aliphatic carbocycles. The number of fused-ring (bicyclic) bond motifs is 1. The van der Waals surface area contributed by atoms with Crippen molar-refractivity contribution in [1.82, 2.24) is 15.2 Å². The zero-order chi connectivity index (χ0) is 18.7. The van der Waals surface area contributed by atoms with Crippen LogP contribution in [-0.4, -0.2) is 34.9 Å². The fourth-order valence-electron chi connectivity index (χ4n) is 3.40. The van der Waals surface area contributed by atoms with Gasteiger partial charge in [0.1, 0.15) is 0 Å². The van der Waals surface area contributed by atoms with Crippen LogP contribution in [0.4, 0.5) is 0 Å². The number of thiazole rings is 1. The second-order valence-electron chi connectivity index (χ2n) is 8.27. The molecule has 140 valence electrons. The molecule has 1 unspecified atom stereocenters. The lowest BCUT2D eigenvalue weighted by atomic mass is 9.85. The third kappa shape index (κ3) is 4.92. The smallest absolute Gasteiger partial charge is 0.226 e. The fraction of sp³-hybridized carbons (Fsp3) is 0.524. The largest absolute Gasteiger partial charge is 0.351 e. The van der Waals surface area contributed by atoms with Crippen molar-refractivity contribution >= 4 is 17.2 Å². The van der Waals surface area contributed by atoms with E-state index in [9.17, 15) is 4.79 Å². The molecule has 1 aliphatic rings. The molecular weight excluding hydrogens is 342 g/mol. The third-order valence-electron chi connectivity index (χ3n) is 5.04. The van der Waals surface area contributed by atoms with Crippen LogP contribution in [0.15, 0.2) is 29.6 Å². The van der Waals surface area contributed by atoms with Crippen molar-refractivity contribution in [1.29, 1.82) is 0 Å². The summed E-state index contributed by atoms with van der Waals surface area (Å²) in [6, 6.07) is 8.79. The maximum atomic E-state index is 12.6. The van der Waals surface area contributed by atoms with Crippen molar-refractivity contribution in [3.63, 3.8) is 0 Å². The van der Waals surface area contributed by atoms with E-state index in [1.807, 2.05) is 12.3 Å². The van der Waals surface area contributed by atoms with E-state index >= 15 is 0 Å². The standard InChI is InChI=1S/C21H29N3OS/c1-15-22-18(14-26-15)11-20(25)23-19(21(2,3)4)13-24-10-9-16-7-5-6-8-17(16)12-24/h5-8,14,19H,9-13H2,1-4H3,(H,23,25). The van der Waals surface area contributed by atoms with E-state index in [0.29, 0.717) is 6.42 Å². The summed E-state index contributed by atoms with van der Waals surface area (Å²) < 4.78 is 0. The van der Waals surface area contributed by atoms with Gasteiger partial charge in [0.2, 0.25) is 5.91 Å². The van der Waals surface area contributed by atoms with Gasteiger partial charge in [-0.15, -0.1) is 11.3 Å². The first-order valence-corrected chi connectivity index (χ1v) is 10.2. The number of benzene rings is 1. The van der Waals surface area contributed by atoms with E-state index in [-0.39, 0.29) is 17.4 Å². The SMILES string of the molecule is Cc1nc(CC(=O)NC(CN2CCc3ccccc3C2)C(C)(C)C)cs1. The molecule has 1 aromatic heterocycles. The summed E-state index contributed by atoms with van der Waals surface area (Å²) in [6.45, 7) is 11.4. The monoisotopic (exact) mass is 371 g/mol. The van der Waals surface area contributed by atoms with Gasteiger partial charge in [-0.3, -0.25) is 9.69 Å². The van der Waals surface area contributed by atoms with E-state index in [0.717, 1.165) is 36.8 Å². The van der Waals surface area contributed by atoms with Crippen molar-refractivity contribution in [2.75, 3.05) is 13.1 Å². The van der Waals surface area contributed by atoms with Crippen LogP contribution >= 0.6 is 11.3 Å². The summed E-state index contributed by atoms with van der Waals surface area (Å²) >= 11 is 1.59. The molecule has 3 rings (SSSR count). The molecule has 1 aromatic carbocycles. The average molecular weight is 372 g/mol. The van der Waals surface area contributed by atoms with Gasteiger partial charge in [0, 0.05) is 31.1 Å². The van der Waals surface area contributed by atoms with E-state index in [1.54, 1.807) is 11.3 Å². The molecule has 0 fully saturated rings. The topological polar surface area (TPSA) is 45.2 Å². The van der Waals surface area contributed by atoms with Crippen LogP contribution in [0.3, 0.4) is 0 Å². The highest BCUT2D eigenvalue weighted by Crippen LogP contribution is 2.24. The molecule has 2 aromatic rings. The molecule has 0 bridgehead atoms. The summed E-state index contributed by atoms with van der Waals surface area (Å²) in [5.41, 5.74) is 3.74. The normalized spacial score (nSPS) is 16.2. The third-order valence-corrected chi connectivity index (χ3v) is 5.86. The number of rotatable bonds is 5. The van der Waals surface area contributed by atoms with Gasteiger partial charge in [-0.25, -0.2) is 4.98 Å². The van der Waals surface area contributed by atoms with Crippen molar-refractivity contribution in [2.24, 2.45) is 5.41 Å². The predicted molar refractivity (Wildman–Crippen MR) is 107 cm³/mol. The van der Waals surface area contributed by atoms with Crippen LogP contribution in [-0.2, 0) is 24.2 Å². The molecule has 1 N–H and O–H groups in total. The first-order valence-electron chi connectivity index (χ1n) is 9.31. The molecule has 1 amide bonds. The quantitative estimate of drug-likeness (QED) is 0.874. The Morgan fingerprint density at radius 3 is 2.69 bits per heavy atom. The van der Waals surface area contributed by atoms with Gasteiger partial charge >= 0.3 is 0 Å². The van der Waals surface area contributed by atoms with Crippen LogP contribution in [0.2, 0.25) is 0 Å². The molecule has 0 saturated carbocycles. The Balaban J connectivity index is 1.62. The number of carbonyl (C=O) groups is 1. The second kappa shape index (κ2) is 7.89. The number of nitrogens with one attached hydrogen (secondary N) is 1. The van der Waals surface area contributed by atoms with Gasteiger partial charge in [-0.2, -0.15) is 0 Å². The van der Waals surface area contributed by atoms with Gasteiger partial charge in [-0.1, -0.05) is 45.0 Å². The molecule has 1 atom stereocenters. The molecule has 0 saturated heterocycles. The lowest BCUT2D eigenvalue weighted by Crippen LogP contribution is -2.51. The Kier molecular flexibility index (Phi) is 5.78. The minimum atomic E-state index is 0.00458. The number of aryl methyl sites for hydroxylation is 1. The lowest BCUT2D eigenvalue weighted by Gasteiger charge is -2.38. The zero-order valence-electron chi connectivity index (χ0n) is 16.2. The van der Waals surface area contributed by atoms with E-state index in [2.05, 4.69) is 60.2 Å². The molecule has 4 nitrogen and oxygen atoms in total. The van der Waals surface area contributed by atoms with Crippen LogP contribution in [0.25, 0.3) is 0 Å². The number of aromatic nitrogens is 1. The summed E-state index contributed by atoms with van der Waals surface area (Å²) in [4.78, 5) is 19.4. The van der Waals surface area contributed by atoms with E-state index in [1.165, 1.54) is 11.1 Å². The summed E-state index contributed by atoms with van der Waals surface area (Å²) in [5.74, 6) is 0.0626. The van der Waals surface area contributed by atoms with Gasteiger partial charge in [0.05, 0.1) is 17.1 Å². The maximum absolute atomic E-state index is 12.6. The molecule has 26 heavy (non-hydrogen) atoms. The van der Waals surface area contributed by atoms with Crippen LogP contribution in [0.1, 0.15) is 42.6 Å². The highest BCUT2D eigenvalue weighted by Gasteiger charge is 2.29. The average Bonchev–Trinajstić information content (AvgIpc) is 2.98. The first-order chi connectivity index (χ1) is 12.3. The Hall–Kier alpha value is -1.72. The predicted octanol–water partition coefficient (Wildman–Crippen LogP) is 3.58. The molecular formula is C21H29N3OS. The number of carbonyl (C=O) groups excluding carboxylic acids is 1. The Morgan fingerprint density at radius 1 is 1.31 bits per heavy atom. The van der Waals surface area contributed by atoms with E-state index in [4.69, 9.17) is 0 Å². The lowest BCUT2D eigenvalue weighted by molar-refractivity contribution is -0.122. The highest BCUT2D eigenvalue weighted by atomic mass is 32.1. The fourth-order valence-corrected chi connectivity index (χ4v) is 4.02. The van der Waals surface area contributed by atoms with Crippen molar-refractivity contribution < 1.29 is 4.79 Å². The van der Waals surface area contributed by atoms with Gasteiger partial charge in [-0.05, 0) is 29.9 Å². The zero-order valence-corrected chi connectivity index (χ0v) is 17.0. The van der Waals surface area contributed by atoms with Gasteiger partial charge < -0.3 is 5.32 Å². The Morgan fingerprint density at radius 2 is 2.04 bits per heavy atom. The number of hydrogen-bond acceptors (Lipinski definition) is 4. The van der Waals surface area contributed by atoms with Crippen molar-refractivity contribution in [2.45, 2.75) is 53.1 Å². The number of amides is 1. The van der Waals surface area contributed by atoms with Crippen LogP contribution in [0.5, 0.6) is 0 Å². The minimum absolute atomic E-state index is 0.00458. The summed E-state index contributed by atoms with van der Waals surface area (Å²) in [6.07, 6.45) is 1.44. The highest BCUT2D eigenvalue weighted by molar-refractivity contribution is 7.09. The van der Waals surface area contributed by atoms with Crippen LogP contribution in [0, 0.1) is 12.3 Å². The molecule has 2 heterocycles. The van der Waals surface area contributed by atoms with Crippen LogP contribution < -0.4 is 5.32 Å².